The van der Waals surface area contributed by atoms with Crippen molar-refractivity contribution in [3.63, 3.8) is 0 Å². The molecule has 1 N–H and O–H groups in total. The number of hydrogen-bond donors (Lipinski definition) is 1. The number of benzene rings is 2. The molecule has 0 aliphatic carbocycles. The van der Waals surface area contributed by atoms with E-state index in [4.69, 9.17) is 9.72 Å². The van der Waals surface area contributed by atoms with Gasteiger partial charge in [-0.1, -0.05) is 6.07 Å². The van der Waals surface area contributed by atoms with Crippen LogP contribution in [0, 0.1) is 12.7 Å². The molecule has 0 atom stereocenters. The number of aromatic nitrogens is 5. The first-order valence-electron chi connectivity index (χ1n) is 10.1. The molecule has 8 heteroatoms. The standard InChI is InChI=1S/C24H21FN6O/c1-15-13-31(14-27-15)20-12-26-22(11-21(20)32-3)28-18-5-4-6-19-23(18)29-24(30(19)2)16-7-9-17(25)10-8-16/h4-14H,1-3H3,(H,26,28). The van der Waals surface area contributed by atoms with Crippen molar-refractivity contribution in [2.45, 2.75) is 6.92 Å². The molecular formula is C24H21FN6O. The molecule has 0 bridgehead atoms. The maximum absolute atomic E-state index is 13.4. The summed E-state index contributed by atoms with van der Waals surface area (Å²) in [7, 11) is 3.57. The number of hydrogen-bond acceptors (Lipinski definition) is 5. The zero-order chi connectivity index (χ0) is 22.2. The SMILES string of the molecule is COc1cc(Nc2cccc3c2nc(-c2ccc(F)cc2)n3C)ncc1-n1cnc(C)c1. The second-order valence-electron chi connectivity index (χ2n) is 7.46. The topological polar surface area (TPSA) is 69.8 Å². The van der Waals surface area contributed by atoms with Gasteiger partial charge in [-0.3, -0.25) is 0 Å². The van der Waals surface area contributed by atoms with Crippen molar-refractivity contribution < 1.29 is 9.13 Å². The van der Waals surface area contributed by atoms with Crippen LogP contribution in [0.3, 0.4) is 0 Å². The second-order valence-corrected chi connectivity index (χ2v) is 7.46. The predicted molar refractivity (Wildman–Crippen MR) is 122 cm³/mol. The van der Waals surface area contributed by atoms with Gasteiger partial charge in [-0.15, -0.1) is 0 Å². The molecular weight excluding hydrogens is 407 g/mol. The fourth-order valence-corrected chi connectivity index (χ4v) is 3.72. The van der Waals surface area contributed by atoms with Crippen molar-refractivity contribution >= 4 is 22.5 Å². The Morgan fingerprint density at radius 1 is 1.06 bits per heavy atom. The van der Waals surface area contributed by atoms with E-state index >= 15 is 0 Å². The highest BCUT2D eigenvalue weighted by molar-refractivity contribution is 5.92. The molecule has 0 aliphatic heterocycles. The number of methoxy groups -OCH3 is 1. The molecule has 0 amide bonds. The van der Waals surface area contributed by atoms with E-state index in [1.807, 2.05) is 53.6 Å². The van der Waals surface area contributed by atoms with Crippen LogP contribution in [-0.4, -0.2) is 31.2 Å². The van der Waals surface area contributed by atoms with Crippen LogP contribution in [-0.2, 0) is 7.05 Å². The third-order valence-electron chi connectivity index (χ3n) is 5.33. The Bertz CT molecular complexity index is 1420. The largest absolute Gasteiger partial charge is 0.494 e. The van der Waals surface area contributed by atoms with Gasteiger partial charge in [0.05, 0.1) is 36.5 Å². The number of imidazole rings is 2. The van der Waals surface area contributed by atoms with E-state index in [0.29, 0.717) is 11.6 Å². The summed E-state index contributed by atoms with van der Waals surface area (Å²) in [5.74, 6) is 1.78. The van der Waals surface area contributed by atoms with Crippen LogP contribution >= 0.6 is 0 Å². The number of aryl methyl sites for hydroxylation is 2. The number of para-hydroxylation sites is 1. The summed E-state index contributed by atoms with van der Waals surface area (Å²) in [6, 6.07) is 14.1. The van der Waals surface area contributed by atoms with Crippen molar-refractivity contribution in [2.75, 3.05) is 12.4 Å². The van der Waals surface area contributed by atoms with Crippen molar-refractivity contribution in [3.8, 4) is 22.8 Å². The minimum absolute atomic E-state index is 0.274. The molecule has 0 fully saturated rings. The maximum atomic E-state index is 13.4. The van der Waals surface area contributed by atoms with Crippen LogP contribution in [0.5, 0.6) is 5.75 Å². The molecule has 0 aliphatic rings. The van der Waals surface area contributed by atoms with Crippen LogP contribution in [0.4, 0.5) is 15.9 Å². The summed E-state index contributed by atoms with van der Waals surface area (Å²) in [5, 5.41) is 3.35. The van der Waals surface area contributed by atoms with Gasteiger partial charge in [-0.05, 0) is 43.3 Å². The molecule has 3 aromatic heterocycles. The quantitative estimate of drug-likeness (QED) is 0.426. The number of nitrogens with one attached hydrogen (secondary N) is 1. The fraction of sp³-hybridized carbons (Fsp3) is 0.125. The molecule has 0 unspecified atom stereocenters. The van der Waals surface area contributed by atoms with E-state index in [0.717, 1.165) is 39.5 Å². The van der Waals surface area contributed by atoms with Gasteiger partial charge < -0.3 is 19.2 Å². The normalized spacial score (nSPS) is 11.1. The zero-order valence-corrected chi connectivity index (χ0v) is 17.9. The lowest BCUT2D eigenvalue weighted by molar-refractivity contribution is 0.412. The van der Waals surface area contributed by atoms with E-state index < -0.39 is 0 Å². The van der Waals surface area contributed by atoms with E-state index in [1.165, 1.54) is 12.1 Å². The second kappa shape index (κ2) is 7.81. The number of nitrogens with zero attached hydrogens (tertiary/aromatic N) is 5. The van der Waals surface area contributed by atoms with Crippen LogP contribution in [0.15, 0.2) is 67.3 Å². The molecule has 0 saturated heterocycles. The van der Waals surface area contributed by atoms with E-state index in [9.17, 15) is 4.39 Å². The lowest BCUT2D eigenvalue weighted by Gasteiger charge is -2.12. The average Bonchev–Trinajstić information content (AvgIpc) is 3.38. The number of anilines is 2. The monoisotopic (exact) mass is 428 g/mol. The van der Waals surface area contributed by atoms with Gasteiger partial charge in [0.25, 0.3) is 0 Å². The Morgan fingerprint density at radius 3 is 2.59 bits per heavy atom. The lowest BCUT2D eigenvalue weighted by atomic mass is 10.2. The first kappa shape index (κ1) is 19.7. The molecule has 0 saturated carbocycles. The predicted octanol–water partition coefficient (Wildman–Crippen LogP) is 5.02. The maximum Gasteiger partial charge on any atom is 0.148 e. The van der Waals surface area contributed by atoms with Gasteiger partial charge in [-0.2, -0.15) is 0 Å². The number of rotatable bonds is 5. The summed E-state index contributed by atoms with van der Waals surface area (Å²) >= 11 is 0. The molecule has 3 heterocycles. The van der Waals surface area contributed by atoms with Crippen LogP contribution in [0.1, 0.15) is 5.69 Å². The summed E-state index contributed by atoms with van der Waals surface area (Å²) in [5.41, 5.74) is 5.11. The summed E-state index contributed by atoms with van der Waals surface area (Å²) in [6.45, 7) is 1.93. The Morgan fingerprint density at radius 2 is 1.88 bits per heavy atom. The molecule has 2 aromatic carbocycles. The van der Waals surface area contributed by atoms with Crippen LogP contribution in [0.25, 0.3) is 28.1 Å². The van der Waals surface area contributed by atoms with E-state index in [-0.39, 0.29) is 5.82 Å². The number of pyridine rings is 1. The van der Waals surface area contributed by atoms with Crippen molar-refractivity contribution in [3.05, 3.63) is 78.8 Å². The summed E-state index contributed by atoms with van der Waals surface area (Å²) in [6.07, 6.45) is 5.39. The first-order valence-corrected chi connectivity index (χ1v) is 10.1. The molecule has 5 rings (SSSR count). The van der Waals surface area contributed by atoms with Gasteiger partial charge in [0.1, 0.15) is 34.4 Å². The Balaban J connectivity index is 1.53. The Hall–Kier alpha value is -4.20. The van der Waals surface area contributed by atoms with Gasteiger partial charge in [0.15, 0.2) is 0 Å². The van der Waals surface area contributed by atoms with Gasteiger partial charge in [-0.25, -0.2) is 19.3 Å². The Labute approximate surface area is 184 Å². The minimum Gasteiger partial charge on any atom is -0.494 e. The number of halogens is 1. The van der Waals surface area contributed by atoms with Gasteiger partial charge in [0.2, 0.25) is 0 Å². The average molecular weight is 428 g/mol. The first-order chi connectivity index (χ1) is 15.5. The molecule has 160 valence electrons. The molecule has 0 spiro atoms. The number of fused-ring (bicyclic) bond motifs is 1. The lowest BCUT2D eigenvalue weighted by Crippen LogP contribution is -2.00. The van der Waals surface area contributed by atoms with Crippen molar-refractivity contribution in [1.82, 2.24) is 24.1 Å². The van der Waals surface area contributed by atoms with Crippen LogP contribution in [0.2, 0.25) is 0 Å². The Kier molecular flexibility index (Phi) is 4.82. The molecule has 7 nitrogen and oxygen atoms in total. The van der Waals surface area contributed by atoms with Crippen molar-refractivity contribution in [1.29, 1.82) is 0 Å². The fourth-order valence-electron chi connectivity index (χ4n) is 3.72. The van der Waals surface area contributed by atoms with E-state index in [1.54, 1.807) is 31.8 Å². The van der Waals surface area contributed by atoms with Gasteiger partial charge >= 0.3 is 0 Å². The van der Waals surface area contributed by atoms with Gasteiger partial charge in [0, 0.05) is 24.9 Å². The highest BCUT2D eigenvalue weighted by Crippen LogP contribution is 2.31. The zero-order valence-electron chi connectivity index (χ0n) is 17.9. The minimum atomic E-state index is -0.274. The molecule has 0 radical (unpaired) electrons. The molecule has 32 heavy (non-hydrogen) atoms. The third kappa shape index (κ3) is 3.45. The number of ether oxygens (including phenoxy) is 1. The van der Waals surface area contributed by atoms with Crippen LogP contribution < -0.4 is 10.1 Å². The summed E-state index contributed by atoms with van der Waals surface area (Å²) in [4.78, 5) is 13.6. The third-order valence-corrected chi connectivity index (χ3v) is 5.33. The van der Waals surface area contributed by atoms with E-state index in [2.05, 4.69) is 15.3 Å². The summed E-state index contributed by atoms with van der Waals surface area (Å²) < 4.78 is 22.8. The smallest absolute Gasteiger partial charge is 0.148 e. The molecule has 5 aromatic rings. The highest BCUT2D eigenvalue weighted by Gasteiger charge is 2.14. The van der Waals surface area contributed by atoms with Crippen molar-refractivity contribution in [2.24, 2.45) is 7.05 Å². The highest BCUT2D eigenvalue weighted by atomic mass is 19.1.